The van der Waals surface area contributed by atoms with E-state index < -0.39 is 11.4 Å². The first-order chi connectivity index (χ1) is 8.67. The minimum absolute atomic E-state index is 0.0280. The van der Waals surface area contributed by atoms with Crippen molar-refractivity contribution in [2.24, 2.45) is 5.41 Å². The van der Waals surface area contributed by atoms with Crippen molar-refractivity contribution >= 4 is 11.8 Å². The molecule has 104 valence electrons. The minimum atomic E-state index is -1.01. The lowest BCUT2D eigenvalue weighted by Crippen LogP contribution is -2.43. The first kappa shape index (κ1) is 15.1. The third-order valence-electron chi connectivity index (χ3n) is 3.37. The van der Waals surface area contributed by atoms with Gasteiger partial charge in [-0.05, 0) is 26.2 Å². The summed E-state index contributed by atoms with van der Waals surface area (Å²) in [6.07, 6.45) is 3.05. The lowest BCUT2D eigenvalue weighted by atomic mass is 9.71. The summed E-state index contributed by atoms with van der Waals surface area (Å²) in [5.41, 5.74) is -1.01. The van der Waals surface area contributed by atoms with E-state index in [0.717, 1.165) is 12.8 Å². The molecule has 0 radical (unpaired) electrons. The summed E-state index contributed by atoms with van der Waals surface area (Å²) in [7, 11) is 0. The van der Waals surface area contributed by atoms with Crippen LogP contribution in [-0.4, -0.2) is 43.3 Å². The van der Waals surface area contributed by atoms with Crippen LogP contribution in [0, 0.1) is 5.41 Å². The van der Waals surface area contributed by atoms with Gasteiger partial charge in [-0.1, -0.05) is 6.42 Å². The molecule has 0 spiro atoms. The van der Waals surface area contributed by atoms with Crippen molar-refractivity contribution in [3.05, 3.63) is 0 Å². The minimum Gasteiger partial charge on any atom is -0.465 e. The smallest absolute Gasteiger partial charge is 0.319 e. The fourth-order valence-electron chi connectivity index (χ4n) is 2.36. The van der Waals surface area contributed by atoms with E-state index in [0.29, 0.717) is 25.9 Å². The zero-order valence-electron chi connectivity index (χ0n) is 10.9. The van der Waals surface area contributed by atoms with Crippen molar-refractivity contribution in [1.82, 2.24) is 0 Å². The lowest BCUT2D eigenvalue weighted by molar-refractivity contribution is -0.163. The van der Waals surface area contributed by atoms with Gasteiger partial charge in [0.15, 0.2) is 0 Å². The molecule has 0 aromatic carbocycles. The number of rotatable bonds is 7. The van der Waals surface area contributed by atoms with Crippen molar-refractivity contribution < 1.29 is 24.2 Å². The average molecular weight is 258 g/mol. The Bertz CT molecular complexity index is 289. The maximum Gasteiger partial charge on any atom is 0.319 e. The standard InChI is InChI=1S/C13H22O5/c1-2-18-12(16)13(7-9-17-10-8-14)6-4-3-5-11(13)15/h14H,2-10H2,1H3. The van der Waals surface area contributed by atoms with Crippen LogP contribution in [0.2, 0.25) is 0 Å². The molecule has 0 aromatic rings. The van der Waals surface area contributed by atoms with E-state index in [4.69, 9.17) is 14.6 Å². The average Bonchev–Trinajstić information content (AvgIpc) is 2.37. The highest BCUT2D eigenvalue weighted by molar-refractivity contribution is 6.04. The van der Waals surface area contributed by atoms with Crippen molar-refractivity contribution in [3.63, 3.8) is 0 Å². The van der Waals surface area contributed by atoms with Gasteiger partial charge in [0.25, 0.3) is 0 Å². The summed E-state index contributed by atoms with van der Waals surface area (Å²) in [6, 6.07) is 0. The molecule has 1 aliphatic rings. The van der Waals surface area contributed by atoms with Crippen LogP contribution in [0.15, 0.2) is 0 Å². The first-order valence-corrected chi connectivity index (χ1v) is 6.56. The van der Waals surface area contributed by atoms with Gasteiger partial charge in [-0.25, -0.2) is 0 Å². The summed E-state index contributed by atoms with van der Waals surface area (Å²) in [5, 5.41) is 8.63. The Morgan fingerprint density at radius 2 is 2.17 bits per heavy atom. The largest absolute Gasteiger partial charge is 0.465 e. The third-order valence-corrected chi connectivity index (χ3v) is 3.37. The SMILES string of the molecule is CCOC(=O)C1(CCOCCO)CCCCC1=O. The normalized spacial score (nSPS) is 24.0. The van der Waals surface area contributed by atoms with E-state index in [-0.39, 0.29) is 25.6 Å². The zero-order chi connectivity index (χ0) is 13.4. The molecule has 5 nitrogen and oxygen atoms in total. The maximum absolute atomic E-state index is 12.1. The van der Waals surface area contributed by atoms with Gasteiger partial charge in [0, 0.05) is 13.0 Å². The summed E-state index contributed by atoms with van der Waals surface area (Å²) >= 11 is 0. The summed E-state index contributed by atoms with van der Waals surface area (Å²) in [5.74, 6) is -0.443. The number of ether oxygens (including phenoxy) is 2. The first-order valence-electron chi connectivity index (χ1n) is 6.56. The molecule has 18 heavy (non-hydrogen) atoms. The van der Waals surface area contributed by atoms with Gasteiger partial charge in [0.1, 0.15) is 11.2 Å². The molecule has 0 bridgehead atoms. The van der Waals surface area contributed by atoms with Crippen molar-refractivity contribution in [3.8, 4) is 0 Å². The maximum atomic E-state index is 12.1. The Kier molecular flexibility index (Phi) is 6.29. The number of carbonyl (C=O) groups excluding carboxylic acids is 2. The summed E-state index contributed by atoms with van der Waals surface area (Å²) in [4.78, 5) is 24.1. The number of hydrogen-bond acceptors (Lipinski definition) is 5. The zero-order valence-corrected chi connectivity index (χ0v) is 10.9. The van der Waals surface area contributed by atoms with Gasteiger partial charge in [0.2, 0.25) is 0 Å². The fraction of sp³-hybridized carbons (Fsp3) is 0.846. The molecule has 0 aromatic heterocycles. The molecule has 0 amide bonds. The van der Waals surface area contributed by atoms with Gasteiger partial charge in [0.05, 0.1) is 19.8 Å². The van der Waals surface area contributed by atoms with Crippen molar-refractivity contribution in [1.29, 1.82) is 0 Å². The number of hydrogen-bond donors (Lipinski definition) is 1. The van der Waals surface area contributed by atoms with E-state index in [1.165, 1.54) is 0 Å². The molecular formula is C13H22O5. The number of ketones is 1. The molecule has 5 heteroatoms. The molecule has 1 fully saturated rings. The molecule has 0 aliphatic heterocycles. The highest BCUT2D eigenvalue weighted by Gasteiger charge is 2.47. The Hall–Kier alpha value is -0.940. The lowest BCUT2D eigenvalue weighted by Gasteiger charge is -2.33. The fourth-order valence-corrected chi connectivity index (χ4v) is 2.36. The topological polar surface area (TPSA) is 72.8 Å². The van der Waals surface area contributed by atoms with Gasteiger partial charge in [-0.2, -0.15) is 0 Å². The van der Waals surface area contributed by atoms with E-state index >= 15 is 0 Å². The van der Waals surface area contributed by atoms with Crippen LogP contribution in [0.25, 0.3) is 0 Å². The van der Waals surface area contributed by atoms with Crippen molar-refractivity contribution in [2.45, 2.75) is 39.0 Å². The molecule has 0 heterocycles. The van der Waals surface area contributed by atoms with E-state index in [1.54, 1.807) is 6.92 Å². The van der Waals surface area contributed by atoms with Crippen LogP contribution in [-0.2, 0) is 19.1 Å². The number of Topliss-reactive ketones (excluding diaryl/α,β-unsaturated/α-hetero) is 1. The van der Waals surface area contributed by atoms with E-state index in [2.05, 4.69) is 0 Å². The highest BCUT2D eigenvalue weighted by Crippen LogP contribution is 2.37. The van der Waals surface area contributed by atoms with Crippen LogP contribution in [0.1, 0.15) is 39.0 Å². The second-order valence-corrected chi connectivity index (χ2v) is 4.52. The molecule has 1 atom stereocenters. The number of aliphatic hydroxyl groups is 1. The summed E-state index contributed by atoms with van der Waals surface area (Å²) < 4.78 is 10.2. The van der Waals surface area contributed by atoms with Gasteiger partial charge < -0.3 is 14.6 Å². The molecule has 1 unspecified atom stereocenters. The number of esters is 1. The molecular weight excluding hydrogens is 236 g/mol. The Labute approximate surface area is 107 Å². The second-order valence-electron chi connectivity index (χ2n) is 4.52. The summed E-state index contributed by atoms with van der Waals surface area (Å²) in [6.45, 7) is 2.49. The van der Waals surface area contributed by atoms with E-state index in [1.807, 2.05) is 0 Å². The molecule has 1 N–H and O–H groups in total. The molecule has 1 rings (SSSR count). The number of aliphatic hydroxyl groups excluding tert-OH is 1. The number of carbonyl (C=O) groups is 2. The van der Waals surface area contributed by atoms with Gasteiger partial charge in [-0.15, -0.1) is 0 Å². The molecule has 1 saturated carbocycles. The quantitative estimate of drug-likeness (QED) is 0.420. The Balaban J connectivity index is 2.67. The van der Waals surface area contributed by atoms with Gasteiger partial charge >= 0.3 is 5.97 Å². The Morgan fingerprint density at radius 1 is 1.39 bits per heavy atom. The predicted molar refractivity (Wildman–Crippen MR) is 65.1 cm³/mol. The van der Waals surface area contributed by atoms with Crippen molar-refractivity contribution in [2.75, 3.05) is 26.4 Å². The van der Waals surface area contributed by atoms with Crippen LogP contribution >= 0.6 is 0 Å². The van der Waals surface area contributed by atoms with E-state index in [9.17, 15) is 9.59 Å². The predicted octanol–water partition coefficient (Wildman–Crippen LogP) is 1.08. The monoisotopic (exact) mass is 258 g/mol. The van der Waals surface area contributed by atoms with Gasteiger partial charge in [-0.3, -0.25) is 9.59 Å². The molecule has 0 saturated heterocycles. The van der Waals surface area contributed by atoms with Crippen LogP contribution in [0.5, 0.6) is 0 Å². The highest BCUT2D eigenvalue weighted by atomic mass is 16.5. The van der Waals surface area contributed by atoms with Crippen LogP contribution < -0.4 is 0 Å². The van der Waals surface area contributed by atoms with Crippen LogP contribution in [0.4, 0.5) is 0 Å². The van der Waals surface area contributed by atoms with Crippen LogP contribution in [0.3, 0.4) is 0 Å². The molecule has 1 aliphatic carbocycles. The third kappa shape index (κ3) is 3.53. The second kappa shape index (κ2) is 7.48. The Morgan fingerprint density at radius 3 is 2.78 bits per heavy atom.